The Kier molecular flexibility index (Phi) is 4.22. The smallest absolute Gasteiger partial charge is 0.306 e. The van der Waals surface area contributed by atoms with Gasteiger partial charge < -0.3 is 10.5 Å². The topological polar surface area (TPSA) is 52.3 Å². The van der Waals surface area contributed by atoms with Crippen molar-refractivity contribution in [1.29, 1.82) is 0 Å². The Morgan fingerprint density at radius 3 is 2.77 bits per heavy atom. The van der Waals surface area contributed by atoms with Crippen LogP contribution in [0.15, 0.2) is 0 Å². The molecule has 1 saturated carbocycles. The molecule has 0 spiro atoms. The molecule has 0 aromatic rings. The highest BCUT2D eigenvalue weighted by molar-refractivity contribution is 5.69. The van der Waals surface area contributed by atoms with E-state index in [2.05, 4.69) is 0 Å². The molecular formula is C10H19NO2. The average molecular weight is 185 g/mol. The van der Waals surface area contributed by atoms with Gasteiger partial charge in [0.05, 0.1) is 0 Å². The molecule has 1 fully saturated rings. The number of esters is 1. The zero-order valence-corrected chi connectivity index (χ0v) is 8.29. The Balaban J connectivity index is 1.97. The van der Waals surface area contributed by atoms with E-state index < -0.39 is 0 Å². The molecule has 3 nitrogen and oxygen atoms in total. The molecule has 0 amide bonds. The zero-order chi connectivity index (χ0) is 9.68. The molecule has 3 heteroatoms. The van der Waals surface area contributed by atoms with Gasteiger partial charge in [0.1, 0.15) is 6.10 Å². The van der Waals surface area contributed by atoms with Crippen molar-refractivity contribution >= 4 is 5.97 Å². The Bertz CT molecular complexity index is 164. The van der Waals surface area contributed by atoms with E-state index in [1.54, 1.807) is 0 Å². The predicted molar refractivity (Wildman–Crippen MR) is 51.2 cm³/mol. The van der Waals surface area contributed by atoms with E-state index in [1.165, 1.54) is 6.42 Å². The van der Waals surface area contributed by atoms with Crippen LogP contribution in [0.1, 0.15) is 45.4 Å². The number of carbonyl (C=O) groups excluding carboxylic acids is 1. The third-order valence-electron chi connectivity index (χ3n) is 2.39. The number of ether oxygens (including phenoxy) is 1. The third-order valence-corrected chi connectivity index (χ3v) is 2.39. The van der Waals surface area contributed by atoms with Crippen LogP contribution < -0.4 is 5.73 Å². The number of hydrogen-bond donors (Lipinski definition) is 1. The molecule has 0 aliphatic heterocycles. The van der Waals surface area contributed by atoms with Crippen LogP contribution >= 0.6 is 0 Å². The maximum atomic E-state index is 11.2. The summed E-state index contributed by atoms with van der Waals surface area (Å²) in [6.45, 7) is 1.96. The first-order valence-electron chi connectivity index (χ1n) is 5.13. The van der Waals surface area contributed by atoms with E-state index >= 15 is 0 Å². The van der Waals surface area contributed by atoms with E-state index in [-0.39, 0.29) is 18.1 Å². The maximum Gasteiger partial charge on any atom is 0.306 e. The molecule has 0 heterocycles. The third kappa shape index (κ3) is 4.27. The second-order valence-corrected chi connectivity index (χ2v) is 3.91. The highest BCUT2D eigenvalue weighted by Gasteiger charge is 2.21. The van der Waals surface area contributed by atoms with Crippen LogP contribution in [0.4, 0.5) is 0 Å². The zero-order valence-electron chi connectivity index (χ0n) is 8.29. The summed E-state index contributed by atoms with van der Waals surface area (Å²) in [5.41, 5.74) is 5.57. The van der Waals surface area contributed by atoms with Gasteiger partial charge in [0.25, 0.3) is 0 Å². The van der Waals surface area contributed by atoms with Gasteiger partial charge in [0.2, 0.25) is 0 Å². The monoisotopic (exact) mass is 185 g/mol. The van der Waals surface area contributed by atoms with Gasteiger partial charge in [-0.15, -0.1) is 0 Å². The van der Waals surface area contributed by atoms with Crippen LogP contribution in [0.3, 0.4) is 0 Å². The van der Waals surface area contributed by atoms with Crippen molar-refractivity contribution in [1.82, 2.24) is 0 Å². The minimum atomic E-state index is -0.0506. The van der Waals surface area contributed by atoms with Gasteiger partial charge in [0.15, 0.2) is 0 Å². The summed E-state index contributed by atoms with van der Waals surface area (Å²) < 4.78 is 5.19. The number of nitrogens with two attached hydrogens (primary N) is 1. The Morgan fingerprint density at radius 2 is 2.31 bits per heavy atom. The lowest BCUT2D eigenvalue weighted by Crippen LogP contribution is -2.25. The van der Waals surface area contributed by atoms with Crippen LogP contribution in [-0.2, 0) is 9.53 Å². The summed E-state index contributed by atoms with van der Waals surface area (Å²) in [6, 6.07) is 0.191. The molecule has 1 atom stereocenters. The van der Waals surface area contributed by atoms with E-state index in [9.17, 15) is 4.79 Å². The summed E-state index contributed by atoms with van der Waals surface area (Å²) >= 11 is 0. The molecule has 76 valence electrons. The molecule has 1 rings (SSSR count). The minimum Gasteiger partial charge on any atom is -0.462 e. The van der Waals surface area contributed by atoms with Crippen molar-refractivity contribution in [3.63, 3.8) is 0 Å². The summed E-state index contributed by atoms with van der Waals surface area (Å²) in [5.74, 6) is -0.0506. The van der Waals surface area contributed by atoms with Gasteiger partial charge in [0, 0.05) is 12.5 Å². The standard InChI is InChI=1S/C10H19NO2/c1-8(11)4-2-7-10(12)13-9-5-3-6-9/h8-9H,2-7,11H2,1H3. The molecule has 1 aliphatic rings. The van der Waals surface area contributed by atoms with E-state index in [0.29, 0.717) is 6.42 Å². The van der Waals surface area contributed by atoms with E-state index in [0.717, 1.165) is 25.7 Å². The van der Waals surface area contributed by atoms with Crippen molar-refractivity contribution in [2.45, 2.75) is 57.6 Å². The minimum absolute atomic E-state index is 0.0506. The van der Waals surface area contributed by atoms with Crippen LogP contribution in [-0.4, -0.2) is 18.1 Å². The summed E-state index contributed by atoms with van der Waals surface area (Å²) in [5, 5.41) is 0. The average Bonchev–Trinajstić information content (AvgIpc) is 1.96. The molecular weight excluding hydrogens is 166 g/mol. The Hall–Kier alpha value is -0.570. The van der Waals surface area contributed by atoms with Crippen LogP contribution in [0, 0.1) is 0 Å². The normalized spacial score (nSPS) is 19.2. The lowest BCUT2D eigenvalue weighted by atomic mass is 9.96. The van der Waals surface area contributed by atoms with Crippen LogP contribution in [0.25, 0.3) is 0 Å². The number of hydrogen-bond acceptors (Lipinski definition) is 3. The highest BCUT2D eigenvalue weighted by Crippen LogP contribution is 2.22. The van der Waals surface area contributed by atoms with Crippen molar-refractivity contribution in [3.8, 4) is 0 Å². The molecule has 0 saturated heterocycles. The molecule has 1 unspecified atom stereocenters. The van der Waals surface area contributed by atoms with Crippen molar-refractivity contribution in [2.75, 3.05) is 0 Å². The van der Waals surface area contributed by atoms with E-state index in [1.807, 2.05) is 6.92 Å². The van der Waals surface area contributed by atoms with Crippen LogP contribution in [0.5, 0.6) is 0 Å². The van der Waals surface area contributed by atoms with Gasteiger partial charge in [-0.25, -0.2) is 0 Å². The lowest BCUT2D eigenvalue weighted by molar-refractivity contribution is -0.153. The maximum absolute atomic E-state index is 11.2. The summed E-state index contributed by atoms with van der Waals surface area (Å²) in [4.78, 5) is 11.2. The molecule has 0 bridgehead atoms. The highest BCUT2D eigenvalue weighted by atomic mass is 16.5. The SMILES string of the molecule is CC(N)CCCC(=O)OC1CCC1. The van der Waals surface area contributed by atoms with Gasteiger partial charge in [-0.3, -0.25) is 4.79 Å². The fourth-order valence-corrected chi connectivity index (χ4v) is 1.30. The van der Waals surface area contributed by atoms with E-state index in [4.69, 9.17) is 10.5 Å². The van der Waals surface area contributed by atoms with Gasteiger partial charge in [-0.05, 0) is 39.0 Å². The Morgan fingerprint density at radius 1 is 1.62 bits per heavy atom. The molecule has 0 aromatic carbocycles. The Labute approximate surface area is 79.6 Å². The lowest BCUT2D eigenvalue weighted by Gasteiger charge is -2.25. The fraction of sp³-hybridized carbons (Fsp3) is 0.900. The molecule has 13 heavy (non-hydrogen) atoms. The van der Waals surface area contributed by atoms with Gasteiger partial charge in [-0.2, -0.15) is 0 Å². The number of carbonyl (C=O) groups is 1. The first kappa shape index (κ1) is 10.5. The largest absolute Gasteiger partial charge is 0.462 e. The predicted octanol–water partition coefficient (Wildman–Crippen LogP) is 1.60. The summed E-state index contributed by atoms with van der Waals surface area (Å²) in [7, 11) is 0. The molecule has 1 aliphatic carbocycles. The molecule has 2 N–H and O–H groups in total. The molecule has 0 aromatic heterocycles. The fourth-order valence-electron chi connectivity index (χ4n) is 1.30. The van der Waals surface area contributed by atoms with Crippen molar-refractivity contribution in [2.24, 2.45) is 5.73 Å². The first-order valence-corrected chi connectivity index (χ1v) is 5.13. The summed E-state index contributed by atoms with van der Waals surface area (Å²) in [6.07, 6.45) is 5.82. The van der Waals surface area contributed by atoms with Crippen molar-refractivity contribution < 1.29 is 9.53 Å². The first-order chi connectivity index (χ1) is 6.18. The van der Waals surface area contributed by atoms with Crippen LogP contribution in [0.2, 0.25) is 0 Å². The van der Waals surface area contributed by atoms with Crippen molar-refractivity contribution in [3.05, 3.63) is 0 Å². The quantitative estimate of drug-likeness (QED) is 0.662. The second-order valence-electron chi connectivity index (χ2n) is 3.91. The van der Waals surface area contributed by atoms with Gasteiger partial charge >= 0.3 is 5.97 Å². The molecule has 0 radical (unpaired) electrons. The number of rotatable bonds is 5. The second kappa shape index (κ2) is 5.22. The van der Waals surface area contributed by atoms with Gasteiger partial charge in [-0.1, -0.05) is 0 Å².